The van der Waals surface area contributed by atoms with Gasteiger partial charge >= 0.3 is 5.97 Å². The molecule has 1 aromatic carbocycles. The number of benzene rings is 1. The van der Waals surface area contributed by atoms with Crippen molar-refractivity contribution in [2.75, 3.05) is 11.9 Å². The Bertz CT molecular complexity index is 686. The number of hydrogen-bond acceptors (Lipinski definition) is 5. The lowest BCUT2D eigenvalue weighted by atomic mass is 10.3. The molecule has 7 heteroatoms. The molecule has 0 spiro atoms. The number of unbranched alkanes of at least 4 members (excludes halogenated alkanes) is 1. The molecule has 0 fully saturated rings. The fourth-order valence-electron chi connectivity index (χ4n) is 1.75. The van der Waals surface area contributed by atoms with Gasteiger partial charge in [0.15, 0.2) is 5.69 Å². The molecule has 0 aliphatic carbocycles. The molecule has 2 rings (SSSR count). The van der Waals surface area contributed by atoms with Crippen molar-refractivity contribution in [3.8, 4) is 5.75 Å². The van der Waals surface area contributed by atoms with Crippen LogP contribution in [-0.4, -0.2) is 33.6 Å². The third-order valence-electron chi connectivity index (χ3n) is 2.96. The highest BCUT2D eigenvalue weighted by atomic mass is 16.5. The summed E-state index contributed by atoms with van der Waals surface area (Å²) >= 11 is 0. The van der Waals surface area contributed by atoms with Gasteiger partial charge in [0, 0.05) is 11.8 Å². The zero-order valence-corrected chi connectivity index (χ0v) is 12.7. The van der Waals surface area contributed by atoms with Crippen LogP contribution in [0.5, 0.6) is 5.75 Å². The number of rotatable bonds is 7. The number of nitrogens with zero attached hydrogens (tertiary/aromatic N) is 2. The minimum Gasteiger partial charge on any atom is -0.494 e. The Morgan fingerprint density at radius 3 is 2.61 bits per heavy atom. The monoisotopic (exact) mass is 315 g/mol. The largest absolute Gasteiger partial charge is 0.494 e. The Morgan fingerprint density at radius 1 is 1.22 bits per heavy atom. The molecule has 120 valence electrons. The number of nitrogens with one attached hydrogen (secondary N) is 1. The Morgan fingerprint density at radius 2 is 1.96 bits per heavy atom. The highest BCUT2D eigenvalue weighted by molar-refractivity contribution is 6.02. The van der Waals surface area contributed by atoms with Crippen molar-refractivity contribution in [3.63, 3.8) is 0 Å². The van der Waals surface area contributed by atoms with Crippen molar-refractivity contribution in [2.45, 2.75) is 19.8 Å². The van der Waals surface area contributed by atoms with E-state index in [0.29, 0.717) is 18.0 Å². The predicted molar refractivity (Wildman–Crippen MR) is 83.8 cm³/mol. The quantitative estimate of drug-likeness (QED) is 0.762. The molecule has 1 aromatic heterocycles. The predicted octanol–water partition coefficient (Wildman–Crippen LogP) is 2.61. The molecular weight excluding hydrogens is 298 g/mol. The van der Waals surface area contributed by atoms with Crippen LogP contribution in [0.2, 0.25) is 0 Å². The highest BCUT2D eigenvalue weighted by Gasteiger charge is 2.11. The molecule has 0 radical (unpaired) electrons. The maximum Gasteiger partial charge on any atom is 0.356 e. The third kappa shape index (κ3) is 4.77. The smallest absolute Gasteiger partial charge is 0.356 e. The van der Waals surface area contributed by atoms with Crippen molar-refractivity contribution in [2.24, 2.45) is 0 Å². The van der Waals surface area contributed by atoms with Crippen LogP contribution in [0, 0.1) is 0 Å². The van der Waals surface area contributed by atoms with Crippen LogP contribution < -0.4 is 10.1 Å². The number of aromatic carboxylic acids is 1. The number of hydrogen-bond donors (Lipinski definition) is 2. The number of carbonyl (C=O) groups is 2. The fourth-order valence-corrected chi connectivity index (χ4v) is 1.75. The summed E-state index contributed by atoms with van der Waals surface area (Å²) in [5, 5.41) is 11.4. The summed E-state index contributed by atoms with van der Waals surface area (Å²) in [6.45, 7) is 2.70. The molecule has 2 N–H and O–H groups in total. The van der Waals surface area contributed by atoms with Crippen LogP contribution in [0.3, 0.4) is 0 Å². The summed E-state index contributed by atoms with van der Waals surface area (Å²) in [7, 11) is 0. The molecule has 0 bridgehead atoms. The van der Waals surface area contributed by atoms with Crippen molar-refractivity contribution in [1.29, 1.82) is 0 Å². The number of carboxylic acid groups (broad SMARTS) is 1. The minimum atomic E-state index is -1.19. The standard InChI is InChI=1S/C16H17N3O4/c1-2-3-7-23-12-6-4-5-11(8-12)19-15(20)13-9-18-14(10-17-13)16(21)22/h4-6,8-10H,2-3,7H2,1H3,(H,19,20)(H,21,22). The number of carboxylic acids is 1. The van der Waals surface area contributed by atoms with E-state index in [1.807, 2.05) is 6.07 Å². The first-order valence-electron chi connectivity index (χ1n) is 7.19. The lowest BCUT2D eigenvalue weighted by Crippen LogP contribution is -2.15. The van der Waals surface area contributed by atoms with Crippen molar-refractivity contribution in [3.05, 3.63) is 48.0 Å². The molecule has 0 aliphatic heterocycles. The minimum absolute atomic E-state index is 0.0345. The zero-order chi connectivity index (χ0) is 16.7. The summed E-state index contributed by atoms with van der Waals surface area (Å²) in [5.41, 5.74) is 0.383. The average Bonchev–Trinajstić information content (AvgIpc) is 2.55. The third-order valence-corrected chi connectivity index (χ3v) is 2.96. The molecule has 1 heterocycles. The van der Waals surface area contributed by atoms with Gasteiger partial charge in [0.2, 0.25) is 0 Å². The second-order valence-corrected chi connectivity index (χ2v) is 4.78. The Labute approximate surface area is 133 Å². The Hall–Kier alpha value is -2.96. The molecule has 2 aromatic rings. The molecule has 0 aliphatic rings. The summed E-state index contributed by atoms with van der Waals surface area (Å²) in [6.07, 6.45) is 4.17. The van der Waals surface area contributed by atoms with Crippen molar-refractivity contribution >= 4 is 17.6 Å². The van der Waals surface area contributed by atoms with Crippen LogP contribution >= 0.6 is 0 Å². The van der Waals surface area contributed by atoms with E-state index in [2.05, 4.69) is 22.2 Å². The van der Waals surface area contributed by atoms with Gasteiger partial charge in [-0.1, -0.05) is 19.4 Å². The maximum atomic E-state index is 12.1. The van der Waals surface area contributed by atoms with E-state index in [9.17, 15) is 9.59 Å². The van der Waals surface area contributed by atoms with Gasteiger partial charge in [-0.3, -0.25) is 4.79 Å². The van der Waals surface area contributed by atoms with Gasteiger partial charge in [0.25, 0.3) is 5.91 Å². The van der Waals surface area contributed by atoms with Crippen LogP contribution in [0.25, 0.3) is 0 Å². The van der Waals surface area contributed by atoms with Crippen LogP contribution in [0.15, 0.2) is 36.7 Å². The summed E-state index contributed by atoms with van der Waals surface area (Å²) in [4.78, 5) is 30.2. The molecule has 0 unspecified atom stereocenters. The van der Waals surface area contributed by atoms with Crippen molar-refractivity contribution < 1.29 is 19.4 Å². The molecule has 0 atom stereocenters. The van der Waals surface area contributed by atoms with Gasteiger partial charge in [-0.05, 0) is 18.6 Å². The van der Waals surface area contributed by atoms with E-state index >= 15 is 0 Å². The Kier molecular flexibility index (Phi) is 5.62. The van der Waals surface area contributed by atoms with E-state index in [1.54, 1.807) is 18.2 Å². The number of aromatic nitrogens is 2. The molecule has 0 saturated heterocycles. The Balaban J connectivity index is 2.02. The number of anilines is 1. The molecule has 1 amide bonds. The van der Waals surface area contributed by atoms with E-state index in [4.69, 9.17) is 9.84 Å². The van der Waals surface area contributed by atoms with Gasteiger partial charge in [-0.25, -0.2) is 14.8 Å². The summed E-state index contributed by atoms with van der Waals surface area (Å²) in [6, 6.07) is 7.03. The van der Waals surface area contributed by atoms with Crippen LogP contribution in [0.1, 0.15) is 40.7 Å². The topological polar surface area (TPSA) is 101 Å². The first-order chi connectivity index (χ1) is 11.1. The van der Waals surface area contributed by atoms with Crippen LogP contribution in [-0.2, 0) is 0 Å². The van der Waals surface area contributed by atoms with Crippen LogP contribution in [0.4, 0.5) is 5.69 Å². The average molecular weight is 315 g/mol. The van der Waals surface area contributed by atoms with Gasteiger partial charge in [0.05, 0.1) is 19.0 Å². The van der Waals surface area contributed by atoms with Crippen molar-refractivity contribution in [1.82, 2.24) is 9.97 Å². The summed E-state index contributed by atoms with van der Waals surface area (Å²) in [5.74, 6) is -0.995. The molecular formula is C16H17N3O4. The maximum absolute atomic E-state index is 12.1. The van der Waals surface area contributed by atoms with E-state index in [-0.39, 0.29) is 11.4 Å². The number of carbonyl (C=O) groups excluding carboxylic acids is 1. The summed E-state index contributed by atoms with van der Waals surface area (Å²) < 4.78 is 5.57. The fraction of sp³-hybridized carbons (Fsp3) is 0.250. The SMILES string of the molecule is CCCCOc1cccc(NC(=O)c2cnc(C(=O)O)cn2)c1. The highest BCUT2D eigenvalue weighted by Crippen LogP contribution is 2.18. The van der Waals surface area contributed by atoms with Gasteiger partial charge in [0.1, 0.15) is 11.4 Å². The first kappa shape index (κ1) is 16.4. The van der Waals surface area contributed by atoms with E-state index in [0.717, 1.165) is 25.2 Å². The molecule has 7 nitrogen and oxygen atoms in total. The second-order valence-electron chi connectivity index (χ2n) is 4.78. The van der Waals surface area contributed by atoms with Gasteiger partial charge in [-0.15, -0.1) is 0 Å². The van der Waals surface area contributed by atoms with Gasteiger partial charge in [-0.2, -0.15) is 0 Å². The zero-order valence-electron chi connectivity index (χ0n) is 12.7. The number of ether oxygens (including phenoxy) is 1. The normalized spacial score (nSPS) is 10.1. The lowest BCUT2D eigenvalue weighted by Gasteiger charge is -2.08. The van der Waals surface area contributed by atoms with E-state index in [1.165, 1.54) is 0 Å². The first-order valence-corrected chi connectivity index (χ1v) is 7.19. The lowest BCUT2D eigenvalue weighted by molar-refractivity contribution is 0.0689. The molecule has 0 saturated carbocycles. The van der Waals surface area contributed by atoms with Gasteiger partial charge < -0.3 is 15.2 Å². The molecule has 23 heavy (non-hydrogen) atoms. The number of amides is 1. The second kappa shape index (κ2) is 7.88. The van der Waals surface area contributed by atoms with E-state index < -0.39 is 11.9 Å².